The number of hydrogen-bond acceptors (Lipinski definition) is 3. The molecule has 0 fully saturated rings. The molecule has 0 radical (unpaired) electrons. The normalized spacial score (nSPS) is 12.0. The molecule has 0 aliphatic heterocycles. The van der Waals surface area contributed by atoms with Crippen LogP contribution in [0.4, 0.5) is 0 Å². The fourth-order valence-electron chi connectivity index (χ4n) is 0.888. The molecule has 0 aromatic rings. The number of unbranched alkanes of at least 4 members (excludes halogenated alkanes) is 2. The highest BCUT2D eigenvalue weighted by Gasteiger charge is 2.08. The number of aliphatic hydroxyl groups excluding tert-OH is 1. The third kappa shape index (κ3) is 7.03. The number of hydrogen-bond donors (Lipinski definition) is 2. The summed E-state index contributed by atoms with van der Waals surface area (Å²) in [5.74, 6) is -0.984. The van der Waals surface area contributed by atoms with Gasteiger partial charge in [0, 0.05) is 6.42 Å². The molecular weight excluding hydrogens is 158 g/mol. The molecule has 0 spiro atoms. The van der Waals surface area contributed by atoms with Gasteiger partial charge in [-0.25, -0.2) is 0 Å². The van der Waals surface area contributed by atoms with Crippen molar-refractivity contribution in [2.45, 2.75) is 38.2 Å². The maximum absolute atomic E-state index is 10.1. The maximum Gasteiger partial charge on any atom is 0.305 e. The Bertz CT molecular complexity index is 174. The molecule has 1 atom stereocenters. The number of carboxylic acids is 1. The first-order valence-electron chi connectivity index (χ1n) is 3.93. The molecule has 0 amide bonds. The van der Waals surface area contributed by atoms with Crippen molar-refractivity contribution < 1.29 is 15.0 Å². The quantitative estimate of drug-likeness (QED) is 0.582. The molecule has 0 rings (SSSR count). The van der Waals surface area contributed by atoms with E-state index >= 15 is 0 Å². The first kappa shape index (κ1) is 10.9. The van der Waals surface area contributed by atoms with E-state index in [0.29, 0.717) is 19.3 Å². The molecular formula is C8H13NO3. The van der Waals surface area contributed by atoms with Crippen LogP contribution in [0.25, 0.3) is 0 Å². The molecule has 2 N–H and O–H groups in total. The molecule has 1 unspecified atom stereocenters. The number of carbonyl (C=O) groups is 1. The first-order valence-corrected chi connectivity index (χ1v) is 3.93. The molecule has 68 valence electrons. The van der Waals surface area contributed by atoms with Crippen LogP contribution in [-0.4, -0.2) is 22.3 Å². The van der Waals surface area contributed by atoms with Crippen LogP contribution in [0, 0.1) is 11.3 Å². The van der Waals surface area contributed by atoms with Crippen molar-refractivity contribution in [2.75, 3.05) is 0 Å². The summed E-state index contributed by atoms with van der Waals surface area (Å²) in [7, 11) is 0. The number of nitrogens with zero attached hydrogens (tertiary/aromatic N) is 1. The van der Waals surface area contributed by atoms with E-state index in [2.05, 4.69) is 0 Å². The van der Waals surface area contributed by atoms with Crippen LogP contribution in [0.5, 0.6) is 0 Å². The Balaban J connectivity index is 3.26. The Labute approximate surface area is 71.4 Å². The van der Waals surface area contributed by atoms with Gasteiger partial charge in [0.05, 0.1) is 18.6 Å². The largest absolute Gasteiger partial charge is 0.481 e. The molecule has 0 aromatic carbocycles. The highest BCUT2D eigenvalue weighted by Crippen LogP contribution is 2.05. The molecule has 0 heterocycles. The Kier molecular flexibility index (Phi) is 6.02. The lowest BCUT2D eigenvalue weighted by Crippen LogP contribution is -2.12. The third-order valence-corrected chi connectivity index (χ3v) is 1.49. The Morgan fingerprint density at radius 2 is 2.17 bits per heavy atom. The predicted octanol–water partition coefficient (Wildman–Crippen LogP) is 0.906. The van der Waals surface area contributed by atoms with E-state index < -0.39 is 12.1 Å². The lowest BCUT2D eigenvalue weighted by molar-refractivity contribution is -0.139. The van der Waals surface area contributed by atoms with Crippen LogP contribution < -0.4 is 0 Å². The van der Waals surface area contributed by atoms with Crippen LogP contribution in [0.3, 0.4) is 0 Å². The zero-order valence-corrected chi connectivity index (χ0v) is 6.86. The zero-order valence-electron chi connectivity index (χ0n) is 6.86. The van der Waals surface area contributed by atoms with Gasteiger partial charge in [-0.3, -0.25) is 4.79 Å². The minimum atomic E-state index is -0.984. The molecule has 12 heavy (non-hydrogen) atoms. The second kappa shape index (κ2) is 6.62. The summed E-state index contributed by atoms with van der Waals surface area (Å²) in [5.41, 5.74) is 0. The van der Waals surface area contributed by atoms with Crippen LogP contribution >= 0.6 is 0 Å². The summed E-state index contributed by atoms with van der Waals surface area (Å²) in [6, 6.07) is 1.98. The van der Waals surface area contributed by atoms with Gasteiger partial charge in [-0.2, -0.15) is 5.26 Å². The topological polar surface area (TPSA) is 81.3 Å². The molecule has 4 nitrogen and oxygen atoms in total. The summed E-state index contributed by atoms with van der Waals surface area (Å²) >= 11 is 0. The van der Waals surface area contributed by atoms with Crippen molar-refractivity contribution in [2.24, 2.45) is 0 Å². The second-order valence-corrected chi connectivity index (χ2v) is 2.66. The molecule has 0 aliphatic rings. The first-order chi connectivity index (χ1) is 5.66. The van der Waals surface area contributed by atoms with Gasteiger partial charge in [0.15, 0.2) is 0 Å². The zero-order chi connectivity index (χ0) is 9.40. The fraction of sp³-hybridized carbons (Fsp3) is 0.750. The number of nitriles is 1. The van der Waals surface area contributed by atoms with Crippen molar-refractivity contribution >= 4 is 5.97 Å². The van der Waals surface area contributed by atoms with Crippen molar-refractivity contribution in [1.82, 2.24) is 0 Å². The average Bonchev–Trinajstić information content (AvgIpc) is 1.97. The number of aliphatic carboxylic acids is 1. The van der Waals surface area contributed by atoms with E-state index in [4.69, 9.17) is 15.5 Å². The molecule has 4 heteroatoms. The van der Waals surface area contributed by atoms with Crippen LogP contribution in [0.15, 0.2) is 0 Å². The Morgan fingerprint density at radius 3 is 2.67 bits per heavy atom. The summed E-state index contributed by atoms with van der Waals surface area (Å²) in [4.78, 5) is 10.1. The SMILES string of the molecule is N#CCCCCC(O)CC(=O)O. The van der Waals surface area contributed by atoms with Gasteiger partial charge < -0.3 is 10.2 Å². The smallest absolute Gasteiger partial charge is 0.305 e. The van der Waals surface area contributed by atoms with Crippen LogP contribution in [-0.2, 0) is 4.79 Å². The average molecular weight is 171 g/mol. The summed E-state index contributed by atoms with van der Waals surface area (Å²) in [6.07, 6.45) is 1.41. The van der Waals surface area contributed by atoms with Crippen molar-refractivity contribution in [3.63, 3.8) is 0 Å². The van der Waals surface area contributed by atoms with E-state index in [0.717, 1.165) is 6.42 Å². The standard InChI is InChI=1S/C8H13NO3/c9-5-3-1-2-4-7(10)6-8(11)12/h7,10H,1-4,6H2,(H,11,12). The van der Waals surface area contributed by atoms with Crippen LogP contribution in [0.2, 0.25) is 0 Å². The minimum Gasteiger partial charge on any atom is -0.481 e. The highest BCUT2D eigenvalue weighted by atomic mass is 16.4. The van der Waals surface area contributed by atoms with Gasteiger partial charge in [0.2, 0.25) is 0 Å². The predicted molar refractivity (Wildman–Crippen MR) is 42.3 cm³/mol. The van der Waals surface area contributed by atoms with Crippen molar-refractivity contribution in [3.8, 4) is 6.07 Å². The summed E-state index contributed by atoms with van der Waals surface area (Å²) in [5, 5.41) is 25.5. The van der Waals surface area contributed by atoms with Gasteiger partial charge in [-0.1, -0.05) is 0 Å². The molecule has 0 aromatic heterocycles. The van der Waals surface area contributed by atoms with Gasteiger partial charge in [-0.15, -0.1) is 0 Å². The Hall–Kier alpha value is -1.08. The molecule has 0 bridgehead atoms. The van der Waals surface area contributed by atoms with E-state index in [1.165, 1.54) is 0 Å². The lowest BCUT2D eigenvalue weighted by atomic mass is 10.1. The summed E-state index contributed by atoms with van der Waals surface area (Å²) in [6.45, 7) is 0. The van der Waals surface area contributed by atoms with Crippen LogP contribution in [0.1, 0.15) is 32.1 Å². The molecule has 0 saturated heterocycles. The van der Waals surface area contributed by atoms with Gasteiger partial charge >= 0.3 is 5.97 Å². The van der Waals surface area contributed by atoms with Gasteiger partial charge in [0.25, 0.3) is 0 Å². The minimum absolute atomic E-state index is 0.202. The van der Waals surface area contributed by atoms with Gasteiger partial charge in [0.1, 0.15) is 0 Å². The molecule has 0 aliphatic carbocycles. The Morgan fingerprint density at radius 1 is 1.50 bits per heavy atom. The lowest BCUT2D eigenvalue weighted by Gasteiger charge is -2.05. The molecule has 0 saturated carbocycles. The summed E-state index contributed by atoms with van der Waals surface area (Å²) < 4.78 is 0. The van der Waals surface area contributed by atoms with E-state index in [9.17, 15) is 4.79 Å². The van der Waals surface area contributed by atoms with E-state index in [1.54, 1.807) is 0 Å². The maximum atomic E-state index is 10.1. The monoisotopic (exact) mass is 171 g/mol. The second-order valence-electron chi connectivity index (χ2n) is 2.66. The van der Waals surface area contributed by atoms with Crippen molar-refractivity contribution in [1.29, 1.82) is 5.26 Å². The van der Waals surface area contributed by atoms with Gasteiger partial charge in [-0.05, 0) is 19.3 Å². The highest BCUT2D eigenvalue weighted by molar-refractivity contribution is 5.67. The number of rotatable bonds is 6. The number of aliphatic hydroxyl groups is 1. The fourth-order valence-corrected chi connectivity index (χ4v) is 0.888. The van der Waals surface area contributed by atoms with Crippen molar-refractivity contribution in [3.05, 3.63) is 0 Å². The van der Waals surface area contributed by atoms with E-state index in [-0.39, 0.29) is 6.42 Å². The third-order valence-electron chi connectivity index (χ3n) is 1.49. The van der Waals surface area contributed by atoms with E-state index in [1.807, 2.05) is 6.07 Å². The number of carboxylic acid groups (broad SMARTS) is 1.